The van der Waals surface area contributed by atoms with Crippen molar-refractivity contribution >= 4 is 17.3 Å². The first kappa shape index (κ1) is 17.1. The van der Waals surface area contributed by atoms with E-state index in [2.05, 4.69) is 6.92 Å². The number of hydrogen-bond donors (Lipinski definition) is 0. The molecule has 0 aromatic carbocycles. The molecular weight excluding hydrogens is 246 g/mol. The van der Waals surface area contributed by atoms with Gasteiger partial charge in [0.2, 0.25) is 0 Å². The van der Waals surface area contributed by atoms with Crippen molar-refractivity contribution in [3.8, 4) is 0 Å². The van der Waals surface area contributed by atoms with E-state index in [0.717, 1.165) is 13.0 Å². The third-order valence-electron chi connectivity index (χ3n) is 2.36. The van der Waals surface area contributed by atoms with Crippen LogP contribution in [0.15, 0.2) is 16.2 Å². The van der Waals surface area contributed by atoms with Crippen molar-refractivity contribution in [1.29, 1.82) is 0 Å². The molecule has 1 rings (SSSR count). The molecule has 0 bridgehead atoms. The molecule has 0 unspecified atom stereocenters. The summed E-state index contributed by atoms with van der Waals surface area (Å²) >= 11 is 1.52. The zero-order chi connectivity index (χ0) is 13.8. The van der Waals surface area contributed by atoms with Gasteiger partial charge >= 0.3 is 0 Å². The number of carbonyl (C=O) groups excluding carboxylic acids is 1. The van der Waals surface area contributed by atoms with E-state index >= 15 is 0 Å². The summed E-state index contributed by atoms with van der Waals surface area (Å²) < 4.78 is 1.83. The number of hydrogen-bond acceptors (Lipinski definition) is 3. The minimum absolute atomic E-state index is 0.156. The molecule has 0 aliphatic rings. The summed E-state index contributed by atoms with van der Waals surface area (Å²) in [5.41, 5.74) is 0.156. The maximum Gasteiger partial charge on any atom is 0.260 e. The summed E-state index contributed by atoms with van der Waals surface area (Å²) in [5.74, 6) is 0.167. The topological polar surface area (TPSA) is 39.1 Å². The molecule has 1 heterocycles. The molecule has 0 amide bonds. The van der Waals surface area contributed by atoms with Crippen LogP contribution in [0.3, 0.4) is 0 Å². The monoisotopic (exact) mass is 271 g/mol. The van der Waals surface area contributed by atoms with Crippen LogP contribution in [-0.4, -0.2) is 9.74 Å². The lowest BCUT2D eigenvalue weighted by Gasteiger charge is -2.00. The highest BCUT2D eigenvalue weighted by Gasteiger charge is 1.95. The van der Waals surface area contributed by atoms with E-state index < -0.39 is 0 Å². The maximum atomic E-state index is 11.2. The molecule has 0 aliphatic heterocycles. The van der Waals surface area contributed by atoms with Crippen LogP contribution < -0.4 is 5.56 Å². The number of nitrogens with zero attached hydrogens (tertiary/aromatic N) is 1. The molecule has 0 saturated carbocycles. The maximum absolute atomic E-state index is 11.2. The second-order valence-electron chi connectivity index (χ2n) is 4.52. The Hall–Kier alpha value is -0.900. The lowest BCUT2D eigenvalue weighted by atomic mass is 10.1. The number of ketones is 1. The van der Waals surface area contributed by atoms with Gasteiger partial charge in [-0.05, 0) is 20.3 Å². The Morgan fingerprint density at radius 2 is 1.72 bits per heavy atom. The van der Waals surface area contributed by atoms with Gasteiger partial charge in [0.15, 0.2) is 0 Å². The molecule has 18 heavy (non-hydrogen) atoms. The molecule has 0 atom stereocenters. The van der Waals surface area contributed by atoms with Gasteiger partial charge < -0.3 is 4.79 Å². The van der Waals surface area contributed by atoms with Crippen LogP contribution in [0.4, 0.5) is 0 Å². The molecule has 0 radical (unpaired) electrons. The van der Waals surface area contributed by atoms with Crippen LogP contribution in [0.25, 0.3) is 0 Å². The summed E-state index contributed by atoms with van der Waals surface area (Å²) in [7, 11) is 0. The lowest BCUT2D eigenvalue weighted by Crippen LogP contribution is -2.11. The van der Waals surface area contributed by atoms with Crippen LogP contribution in [0.1, 0.15) is 59.3 Å². The van der Waals surface area contributed by atoms with Gasteiger partial charge in [0.1, 0.15) is 5.78 Å². The van der Waals surface area contributed by atoms with Gasteiger partial charge in [-0.3, -0.25) is 8.75 Å². The van der Waals surface area contributed by atoms with E-state index in [0.29, 0.717) is 0 Å². The number of carbonyl (C=O) groups is 1. The zero-order valence-electron chi connectivity index (χ0n) is 11.8. The number of aromatic nitrogens is 1. The summed E-state index contributed by atoms with van der Waals surface area (Å²) in [5, 5.41) is 1.86. The second-order valence-corrected chi connectivity index (χ2v) is 5.45. The molecule has 0 fully saturated rings. The predicted molar refractivity (Wildman–Crippen MR) is 78.3 cm³/mol. The highest BCUT2D eigenvalue weighted by Crippen LogP contribution is 2.06. The van der Waals surface area contributed by atoms with E-state index in [1.54, 1.807) is 6.07 Å². The fourth-order valence-corrected chi connectivity index (χ4v) is 2.22. The fraction of sp³-hybridized carbons (Fsp3) is 0.714. The fourth-order valence-electron chi connectivity index (χ4n) is 1.50. The Kier molecular flexibility index (Phi) is 10.6. The molecule has 0 aliphatic carbocycles. The van der Waals surface area contributed by atoms with Crippen molar-refractivity contribution in [3.05, 3.63) is 21.8 Å². The molecule has 0 saturated heterocycles. The van der Waals surface area contributed by atoms with E-state index in [-0.39, 0.29) is 11.3 Å². The van der Waals surface area contributed by atoms with Crippen molar-refractivity contribution in [2.24, 2.45) is 0 Å². The molecular formula is C14H25NO2S. The van der Waals surface area contributed by atoms with Crippen molar-refractivity contribution in [2.45, 2.75) is 65.8 Å². The van der Waals surface area contributed by atoms with Gasteiger partial charge in [0.25, 0.3) is 5.56 Å². The first-order valence-electron chi connectivity index (χ1n) is 6.70. The quantitative estimate of drug-likeness (QED) is 0.706. The largest absolute Gasteiger partial charge is 0.300 e. The van der Waals surface area contributed by atoms with Gasteiger partial charge in [-0.25, -0.2) is 0 Å². The summed E-state index contributed by atoms with van der Waals surface area (Å²) in [6.45, 7) is 6.19. The van der Waals surface area contributed by atoms with Crippen molar-refractivity contribution in [2.75, 3.05) is 0 Å². The number of unbranched alkanes of at least 4 members (excludes halogenated alkanes) is 5. The average molecular weight is 271 g/mol. The predicted octanol–water partition coefficient (Wildman–Crippen LogP) is 3.87. The Bertz CT molecular complexity index is 364. The third-order valence-corrected chi connectivity index (χ3v) is 3.23. The highest BCUT2D eigenvalue weighted by molar-refractivity contribution is 7.04. The van der Waals surface area contributed by atoms with Crippen LogP contribution in [0.5, 0.6) is 0 Å². The number of Topliss-reactive ketones (excluding diaryl/α,β-unsaturated/α-hetero) is 1. The molecule has 104 valence electrons. The van der Waals surface area contributed by atoms with E-state index in [1.165, 1.54) is 57.5 Å². The Morgan fingerprint density at radius 1 is 1.17 bits per heavy atom. The van der Waals surface area contributed by atoms with Crippen molar-refractivity contribution in [1.82, 2.24) is 3.96 Å². The molecule has 0 N–H and O–H groups in total. The highest BCUT2D eigenvalue weighted by atomic mass is 32.1. The molecule has 1 aromatic heterocycles. The van der Waals surface area contributed by atoms with Crippen LogP contribution in [-0.2, 0) is 11.3 Å². The molecule has 0 spiro atoms. The zero-order valence-corrected chi connectivity index (χ0v) is 12.6. The van der Waals surface area contributed by atoms with Gasteiger partial charge in [-0.1, -0.05) is 50.6 Å². The Balaban J connectivity index is 0.000000631. The van der Waals surface area contributed by atoms with Crippen LogP contribution in [0, 0.1) is 0 Å². The van der Waals surface area contributed by atoms with Gasteiger partial charge in [-0.15, -0.1) is 0 Å². The van der Waals surface area contributed by atoms with Gasteiger partial charge in [-0.2, -0.15) is 0 Å². The lowest BCUT2D eigenvalue weighted by molar-refractivity contribution is -0.114. The smallest absolute Gasteiger partial charge is 0.260 e. The molecule has 3 nitrogen and oxygen atoms in total. The van der Waals surface area contributed by atoms with Gasteiger partial charge in [0.05, 0.1) is 0 Å². The third kappa shape index (κ3) is 10.3. The summed E-state index contributed by atoms with van der Waals surface area (Å²) in [6.07, 6.45) is 7.70. The summed E-state index contributed by atoms with van der Waals surface area (Å²) in [4.78, 5) is 20.6. The first-order valence-corrected chi connectivity index (χ1v) is 7.53. The first-order chi connectivity index (χ1) is 8.57. The number of rotatable bonds is 7. The number of aryl methyl sites for hydroxylation is 1. The standard InChI is InChI=1S/C11H19NOS.C3H6O/c1-2-3-4-5-6-7-9-12-11(13)8-10-14-12;1-3(2)4/h8,10H,2-7,9H2,1H3;1-2H3. The Morgan fingerprint density at radius 3 is 2.22 bits per heavy atom. The van der Waals surface area contributed by atoms with Crippen LogP contribution in [0.2, 0.25) is 0 Å². The van der Waals surface area contributed by atoms with Gasteiger partial charge in [0, 0.05) is 18.0 Å². The van der Waals surface area contributed by atoms with Crippen molar-refractivity contribution < 1.29 is 4.79 Å². The van der Waals surface area contributed by atoms with E-state index in [9.17, 15) is 9.59 Å². The van der Waals surface area contributed by atoms with E-state index in [1.807, 2.05) is 9.34 Å². The van der Waals surface area contributed by atoms with E-state index in [4.69, 9.17) is 0 Å². The average Bonchev–Trinajstić information content (AvgIpc) is 2.69. The molecule has 1 aromatic rings. The Labute approximate surface area is 114 Å². The second kappa shape index (κ2) is 11.2. The molecule has 4 heteroatoms. The summed E-state index contributed by atoms with van der Waals surface area (Å²) in [6, 6.07) is 1.64. The van der Waals surface area contributed by atoms with Crippen LogP contribution >= 0.6 is 11.5 Å². The van der Waals surface area contributed by atoms with Crippen molar-refractivity contribution in [3.63, 3.8) is 0 Å². The minimum Gasteiger partial charge on any atom is -0.300 e. The SMILES string of the molecule is CC(C)=O.CCCCCCCCn1sccc1=O. The minimum atomic E-state index is 0.156. The normalized spacial score (nSPS) is 9.72.